The Balaban J connectivity index is 1.96. The molecule has 0 radical (unpaired) electrons. The number of nitrogens with one attached hydrogen (secondary N) is 2. The highest BCUT2D eigenvalue weighted by Crippen LogP contribution is 2.16. The van der Waals surface area contributed by atoms with Crippen molar-refractivity contribution in [2.75, 3.05) is 17.7 Å². The number of anilines is 2. The molecule has 0 unspecified atom stereocenters. The minimum absolute atomic E-state index is 0.203. The van der Waals surface area contributed by atoms with Crippen LogP contribution in [0.1, 0.15) is 16.8 Å². The molecule has 0 aliphatic carbocycles. The van der Waals surface area contributed by atoms with E-state index in [1.807, 2.05) is 0 Å². The van der Waals surface area contributed by atoms with Crippen LogP contribution in [-0.4, -0.2) is 18.7 Å². The van der Waals surface area contributed by atoms with Gasteiger partial charge in [-0.2, -0.15) is 0 Å². The standard InChI is InChI=1S/C16H15ClN2O2/c1-18-13-7-5-11(6-8-13)15(20)10-16(21)19-14-4-2-3-12(17)9-14/h2-9,18H,10H2,1H3,(H,19,21). The molecule has 5 heteroatoms. The van der Waals surface area contributed by atoms with Crippen LogP contribution in [0.15, 0.2) is 48.5 Å². The van der Waals surface area contributed by atoms with Gasteiger partial charge in [-0.25, -0.2) is 0 Å². The molecule has 0 aromatic heterocycles. The van der Waals surface area contributed by atoms with Gasteiger partial charge in [0, 0.05) is 29.0 Å². The van der Waals surface area contributed by atoms with Crippen LogP contribution in [0.4, 0.5) is 11.4 Å². The molecule has 1 amide bonds. The van der Waals surface area contributed by atoms with Gasteiger partial charge in [-0.3, -0.25) is 9.59 Å². The van der Waals surface area contributed by atoms with E-state index in [0.717, 1.165) is 5.69 Å². The van der Waals surface area contributed by atoms with Crippen molar-refractivity contribution in [1.82, 2.24) is 0 Å². The molecule has 0 saturated heterocycles. The highest BCUT2D eigenvalue weighted by atomic mass is 35.5. The maximum Gasteiger partial charge on any atom is 0.232 e. The van der Waals surface area contributed by atoms with E-state index in [0.29, 0.717) is 16.3 Å². The zero-order valence-electron chi connectivity index (χ0n) is 11.5. The van der Waals surface area contributed by atoms with E-state index in [2.05, 4.69) is 10.6 Å². The fraction of sp³-hybridized carbons (Fsp3) is 0.125. The summed E-state index contributed by atoms with van der Waals surface area (Å²) in [4.78, 5) is 23.8. The molecule has 0 aliphatic rings. The Morgan fingerprint density at radius 2 is 1.76 bits per heavy atom. The fourth-order valence-corrected chi connectivity index (χ4v) is 2.03. The van der Waals surface area contributed by atoms with Gasteiger partial charge in [-0.15, -0.1) is 0 Å². The van der Waals surface area contributed by atoms with E-state index in [-0.39, 0.29) is 18.1 Å². The molecule has 0 spiro atoms. The Bertz CT molecular complexity index is 654. The Kier molecular flexibility index (Phi) is 4.95. The molecule has 0 atom stereocenters. The summed E-state index contributed by atoms with van der Waals surface area (Å²) >= 11 is 5.83. The third-order valence-corrected chi connectivity index (χ3v) is 3.16. The summed E-state index contributed by atoms with van der Waals surface area (Å²) in [6, 6.07) is 13.8. The molecular weight excluding hydrogens is 288 g/mol. The molecule has 0 saturated carbocycles. The molecule has 2 N–H and O–H groups in total. The van der Waals surface area contributed by atoms with Gasteiger partial charge < -0.3 is 10.6 Å². The summed E-state index contributed by atoms with van der Waals surface area (Å²) in [5.74, 6) is -0.586. The summed E-state index contributed by atoms with van der Waals surface area (Å²) in [6.07, 6.45) is -0.203. The third kappa shape index (κ3) is 4.33. The average molecular weight is 303 g/mol. The highest BCUT2D eigenvalue weighted by molar-refractivity contribution is 6.30. The number of carbonyl (C=O) groups excluding carboxylic acids is 2. The summed E-state index contributed by atoms with van der Waals surface area (Å²) < 4.78 is 0. The summed E-state index contributed by atoms with van der Waals surface area (Å²) in [5.41, 5.74) is 2.00. The number of amides is 1. The highest BCUT2D eigenvalue weighted by Gasteiger charge is 2.12. The molecule has 2 rings (SSSR count). The second-order valence-electron chi connectivity index (χ2n) is 4.49. The second-order valence-corrected chi connectivity index (χ2v) is 4.92. The van der Waals surface area contributed by atoms with Crippen LogP contribution in [-0.2, 0) is 4.79 Å². The van der Waals surface area contributed by atoms with Crippen LogP contribution in [0, 0.1) is 0 Å². The zero-order valence-corrected chi connectivity index (χ0v) is 12.3. The van der Waals surface area contributed by atoms with Crippen LogP contribution in [0.5, 0.6) is 0 Å². The van der Waals surface area contributed by atoms with Gasteiger partial charge in [0.05, 0.1) is 6.42 Å². The predicted octanol–water partition coefficient (Wildman–Crippen LogP) is 3.59. The number of carbonyl (C=O) groups is 2. The van der Waals surface area contributed by atoms with Crippen molar-refractivity contribution >= 4 is 34.7 Å². The summed E-state index contributed by atoms with van der Waals surface area (Å²) in [5, 5.41) is 6.15. The fourth-order valence-electron chi connectivity index (χ4n) is 1.84. The quantitative estimate of drug-likeness (QED) is 0.655. The number of rotatable bonds is 5. The Morgan fingerprint density at radius 3 is 2.38 bits per heavy atom. The Hall–Kier alpha value is -2.33. The molecule has 4 nitrogen and oxygen atoms in total. The van der Waals surface area contributed by atoms with E-state index in [1.165, 1.54) is 0 Å². The topological polar surface area (TPSA) is 58.2 Å². The lowest BCUT2D eigenvalue weighted by atomic mass is 10.1. The summed E-state index contributed by atoms with van der Waals surface area (Å²) in [7, 11) is 1.80. The summed E-state index contributed by atoms with van der Waals surface area (Å²) in [6.45, 7) is 0. The van der Waals surface area contributed by atoms with Gasteiger partial charge in [0.2, 0.25) is 5.91 Å². The van der Waals surface area contributed by atoms with Crippen LogP contribution < -0.4 is 10.6 Å². The third-order valence-electron chi connectivity index (χ3n) is 2.93. The van der Waals surface area contributed by atoms with E-state index in [4.69, 9.17) is 11.6 Å². The lowest BCUT2D eigenvalue weighted by Gasteiger charge is -2.06. The Morgan fingerprint density at radius 1 is 1.05 bits per heavy atom. The first-order chi connectivity index (χ1) is 10.1. The van der Waals surface area contributed by atoms with Gasteiger partial charge in [-0.05, 0) is 42.5 Å². The lowest BCUT2D eigenvalue weighted by molar-refractivity contribution is -0.115. The van der Waals surface area contributed by atoms with Crippen LogP contribution in [0.3, 0.4) is 0 Å². The maximum absolute atomic E-state index is 12.0. The van der Waals surface area contributed by atoms with Crippen molar-refractivity contribution in [3.63, 3.8) is 0 Å². The van der Waals surface area contributed by atoms with Gasteiger partial charge >= 0.3 is 0 Å². The van der Waals surface area contributed by atoms with Crippen LogP contribution >= 0.6 is 11.6 Å². The molecule has 0 fully saturated rings. The minimum Gasteiger partial charge on any atom is -0.388 e. The smallest absolute Gasteiger partial charge is 0.232 e. The molecule has 0 aliphatic heterocycles. The first-order valence-electron chi connectivity index (χ1n) is 6.45. The molecule has 0 heterocycles. The van der Waals surface area contributed by atoms with Crippen molar-refractivity contribution < 1.29 is 9.59 Å². The number of Topliss-reactive ketones (excluding diaryl/α,β-unsaturated/α-hetero) is 1. The van der Waals surface area contributed by atoms with Crippen LogP contribution in [0.2, 0.25) is 5.02 Å². The molecule has 2 aromatic rings. The van der Waals surface area contributed by atoms with E-state index >= 15 is 0 Å². The first kappa shape index (κ1) is 15.1. The molecule has 21 heavy (non-hydrogen) atoms. The average Bonchev–Trinajstić information content (AvgIpc) is 2.47. The predicted molar refractivity (Wildman–Crippen MR) is 85.0 cm³/mol. The van der Waals surface area contributed by atoms with Crippen LogP contribution in [0.25, 0.3) is 0 Å². The normalized spacial score (nSPS) is 10.0. The minimum atomic E-state index is -0.361. The lowest BCUT2D eigenvalue weighted by Crippen LogP contribution is -2.16. The van der Waals surface area contributed by atoms with Gasteiger partial charge in [0.15, 0.2) is 5.78 Å². The molecule has 2 aromatic carbocycles. The van der Waals surface area contributed by atoms with Crippen molar-refractivity contribution in [3.8, 4) is 0 Å². The number of hydrogen-bond acceptors (Lipinski definition) is 3. The SMILES string of the molecule is CNc1ccc(C(=O)CC(=O)Nc2cccc(Cl)c2)cc1. The molecule has 108 valence electrons. The monoisotopic (exact) mass is 302 g/mol. The number of hydrogen-bond donors (Lipinski definition) is 2. The molecular formula is C16H15ClN2O2. The largest absolute Gasteiger partial charge is 0.388 e. The van der Waals surface area contributed by atoms with Gasteiger partial charge in [0.1, 0.15) is 0 Å². The van der Waals surface area contributed by atoms with Crippen molar-refractivity contribution in [2.24, 2.45) is 0 Å². The number of ketones is 1. The number of benzene rings is 2. The van der Waals surface area contributed by atoms with Crippen molar-refractivity contribution in [1.29, 1.82) is 0 Å². The van der Waals surface area contributed by atoms with E-state index < -0.39 is 0 Å². The maximum atomic E-state index is 12.0. The first-order valence-corrected chi connectivity index (χ1v) is 6.83. The van der Waals surface area contributed by atoms with Crippen molar-refractivity contribution in [3.05, 3.63) is 59.1 Å². The van der Waals surface area contributed by atoms with E-state index in [9.17, 15) is 9.59 Å². The van der Waals surface area contributed by atoms with E-state index in [1.54, 1.807) is 55.6 Å². The second kappa shape index (κ2) is 6.90. The van der Waals surface area contributed by atoms with Gasteiger partial charge in [0.25, 0.3) is 0 Å². The molecule has 0 bridgehead atoms. The number of halogens is 1. The van der Waals surface area contributed by atoms with Gasteiger partial charge in [-0.1, -0.05) is 17.7 Å². The van der Waals surface area contributed by atoms with Crippen molar-refractivity contribution in [2.45, 2.75) is 6.42 Å². The Labute approximate surface area is 128 Å². The zero-order chi connectivity index (χ0) is 15.2.